The van der Waals surface area contributed by atoms with Gasteiger partial charge in [-0.2, -0.15) is 5.10 Å². The van der Waals surface area contributed by atoms with E-state index in [1.165, 1.54) is 4.88 Å². The summed E-state index contributed by atoms with van der Waals surface area (Å²) in [4.78, 5) is 23.7. The van der Waals surface area contributed by atoms with E-state index in [9.17, 15) is 0 Å². The molecule has 5 heterocycles. The van der Waals surface area contributed by atoms with Gasteiger partial charge in [0, 0.05) is 45.5 Å². The van der Waals surface area contributed by atoms with E-state index in [4.69, 9.17) is 9.72 Å². The van der Waals surface area contributed by atoms with Gasteiger partial charge in [0.25, 0.3) is 0 Å². The summed E-state index contributed by atoms with van der Waals surface area (Å²) in [5.74, 6) is 1.29. The number of H-pyrrole nitrogens is 2. The fourth-order valence-corrected chi connectivity index (χ4v) is 4.49. The topological polar surface area (TPSA) is 105 Å². The van der Waals surface area contributed by atoms with E-state index in [1.807, 2.05) is 18.3 Å². The van der Waals surface area contributed by atoms with E-state index < -0.39 is 0 Å². The zero-order chi connectivity index (χ0) is 22.9. The van der Waals surface area contributed by atoms with Crippen LogP contribution in [0.25, 0.3) is 45.6 Å². The van der Waals surface area contributed by atoms with Crippen LogP contribution in [0.4, 0.5) is 0 Å². The summed E-state index contributed by atoms with van der Waals surface area (Å²) in [6, 6.07) is 6.08. The molecule has 0 saturated heterocycles. The second-order valence-electron chi connectivity index (χ2n) is 7.41. The summed E-state index contributed by atoms with van der Waals surface area (Å²) < 4.78 is 5.30. The minimum absolute atomic E-state index is 0.629. The summed E-state index contributed by atoms with van der Waals surface area (Å²) in [7, 11) is 3.34. The molecule has 5 aromatic rings. The molecule has 2 N–H and O–H groups in total. The van der Waals surface area contributed by atoms with Crippen molar-refractivity contribution >= 4 is 40.7 Å². The SMILES string of the molecule is C=c1[nH]nc(-c2nc3c(-c4ccc(C)s4)cncc3[nH]2)/c1=C/C(=NC)c1cncc(OC)c1. The van der Waals surface area contributed by atoms with Gasteiger partial charge >= 0.3 is 0 Å². The Morgan fingerprint density at radius 3 is 2.79 bits per heavy atom. The average molecular weight is 456 g/mol. The molecule has 164 valence electrons. The van der Waals surface area contributed by atoms with Crippen LogP contribution in [0.3, 0.4) is 0 Å². The molecule has 0 aliphatic heterocycles. The van der Waals surface area contributed by atoms with E-state index in [0.29, 0.717) is 22.6 Å². The number of rotatable bonds is 5. The molecule has 33 heavy (non-hydrogen) atoms. The van der Waals surface area contributed by atoms with Crippen molar-refractivity contribution in [1.82, 2.24) is 30.1 Å². The summed E-state index contributed by atoms with van der Waals surface area (Å²) in [5, 5.41) is 8.90. The molecule has 5 rings (SSSR count). The molecule has 0 unspecified atom stereocenters. The Morgan fingerprint density at radius 1 is 1.18 bits per heavy atom. The molecule has 0 aliphatic carbocycles. The number of thiophene rings is 1. The number of aliphatic imine (C=N–C) groups is 1. The van der Waals surface area contributed by atoms with E-state index in [1.54, 1.807) is 44.1 Å². The Bertz CT molecular complexity index is 1610. The Morgan fingerprint density at radius 2 is 2.03 bits per heavy atom. The Balaban J connectivity index is 1.64. The van der Waals surface area contributed by atoms with Crippen molar-refractivity contribution < 1.29 is 4.74 Å². The quantitative estimate of drug-likeness (QED) is 0.396. The first kappa shape index (κ1) is 20.8. The number of ether oxygens (including phenoxy) is 1. The van der Waals surface area contributed by atoms with Gasteiger partial charge in [-0.05, 0) is 31.2 Å². The molecule has 5 aromatic heterocycles. The first-order valence-corrected chi connectivity index (χ1v) is 11.0. The maximum absolute atomic E-state index is 5.30. The molecule has 0 bridgehead atoms. The van der Waals surface area contributed by atoms with Crippen molar-refractivity contribution in [2.45, 2.75) is 6.92 Å². The van der Waals surface area contributed by atoms with E-state index in [0.717, 1.165) is 38.0 Å². The summed E-state index contributed by atoms with van der Waals surface area (Å²) in [6.45, 7) is 6.19. The van der Waals surface area contributed by atoms with Gasteiger partial charge in [0.2, 0.25) is 0 Å². The molecule has 8 nitrogen and oxygen atoms in total. The number of aryl methyl sites for hydroxylation is 1. The zero-order valence-corrected chi connectivity index (χ0v) is 19.2. The van der Waals surface area contributed by atoms with Crippen LogP contribution < -0.4 is 15.3 Å². The molecule has 0 saturated carbocycles. The van der Waals surface area contributed by atoms with Gasteiger partial charge in [-0.1, -0.05) is 6.58 Å². The molecule has 0 radical (unpaired) electrons. The first-order chi connectivity index (χ1) is 16.1. The number of hydrogen-bond donors (Lipinski definition) is 2. The van der Waals surface area contributed by atoms with Gasteiger partial charge in [0.15, 0.2) is 5.82 Å². The van der Waals surface area contributed by atoms with Crippen LogP contribution >= 0.6 is 11.3 Å². The number of aromatic nitrogens is 6. The predicted molar refractivity (Wildman–Crippen MR) is 132 cm³/mol. The molecule has 0 amide bonds. The summed E-state index contributed by atoms with van der Waals surface area (Å²) in [6.07, 6.45) is 8.94. The van der Waals surface area contributed by atoms with Gasteiger partial charge < -0.3 is 9.72 Å². The highest BCUT2D eigenvalue weighted by Crippen LogP contribution is 2.32. The van der Waals surface area contributed by atoms with Gasteiger partial charge in [-0.25, -0.2) is 4.98 Å². The molecule has 0 atom stereocenters. The Hall–Kier alpha value is -4.11. The van der Waals surface area contributed by atoms with Gasteiger partial charge in [-0.15, -0.1) is 11.3 Å². The highest BCUT2D eigenvalue weighted by molar-refractivity contribution is 7.15. The zero-order valence-electron chi connectivity index (χ0n) is 18.4. The van der Waals surface area contributed by atoms with Crippen molar-refractivity contribution in [3.05, 3.63) is 64.0 Å². The normalized spacial score (nSPS) is 12.6. The lowest BCUT2D eigenvalue weighted by atomic mass is 10.1. The second kappa shape index (κ2) is 8.44. The fourth-order valence-electron chi connectivity index (χ4n) is 3.61. The van der Waals surface area contributed by atoms with Gasteiger partial charge in [0.1, 0.15) is 17.0 Å². The Labute approximate surface area is 193 Å². The van der Waals surface area contributed by atoms with Crippen molar-refractivity contribution in [3.8, 4) is 27.7 Å². The van der Waals surface area contributed by atoms with Crippen molar-refractivity contribution in [2.24, 2.45) is 4.99 Å². The van der Waals surface area contributed by atoms with Crippen LogP contribution in [0.2, 0.25) is 0 Å². The third-order valence-electron chi connectivity index (χ3n) is 5.27. The maximum Gasteiger partial charge on any atom is 0.159 e. The first-order valence-electron chi connectivity index (χ1n) is 10.2. The number of aromatic amines is 2. The third kappa shape index (κ3) is 3.83. The minimum Gasteiger partial charge on any atom is -0.495 e. The van der Waals surface area contributed by atoms with E-state index in [-0.39, 0.29) is 0 Å². The molecule has 0 fully saturated rings. The van der Waals surface area contributed by atoms with Crippen LogP contribution in [0.15, 0.2) is 48.0 Å². The molecular formula is C24H21N7OS. The molecule has 9 heteroatoms. The van der Waals surface area contributed by atoms with Crippen LogP contribution in [-0.2, 0) is 0 Å². The lowest BCUT2D eigenvalue weighted by Crippen LogP contribution is -2.24. The van der Waals surface area contributed by atoms with Crippen LogP contribution in [-0.4, -0.2) is 50.0 Å². The third-order valence-corrected chi connectivity index (χ3v) is 6.31. The number of nitrogens with one attached hydrogen (secondary N) is 2. The molecular weight excluding hydrogens is 434 g/mol. The van der Waals surface area contributed by atoms with Crippen LogP contribution in [0, 0.1) is 6.92 Å². The molecule has 0 aromatic carbocycles. The highest BCUT2D eigenvalue weighted by atomic mass is 32.1. The standard InChI is InChI=1S/C24H21N7OS/c1-13-5-6-21(33-13)18-11-27-12-20-22(18)29-24(28-20)23-17(14(2)30-31-23)8-19(25-3)15-7-16(32-4)10-26-9-15/h5-12,30H,2H2,1,3-4H3,(H,28,29)/b17-8+,25-19?. The van der Waals surface area contributed by atoms with Crippen LogP contribution in [0.5, 0.6) is 5.75 Å². The Kier molecular flexibility index (Phi) is 5.31. The summed E-state index contributed by atoms with van der Waals surface area (Å²) >= 11 is 1.72. The monoisotopic (exact) mass is 455 g/mol. The number of hydrogen-bond acceptors (Lipinski definition) is 7. The lowest BCUT2D eigenvalue weighted by molar-refractivity contribution is 0.413. The van der Waals surface area contributed by atoms with Crippen LogP contribution in [0.1, 0.15) is 10.4 Å². The van der Waals surface area contributed by atoms with Crippen molar-refractivity contribution in [1.29, 1.82) is 0 Å². The predicted octanol–water partition coefficient (Wildman–Crippen LogP) is 3.10. The van der Waals surface area contributed by atoms with Gasteiger partial charge in [0.05, 0.1) is 36.1 Å². The highest BCUT2D eigenvalue weighted by Gasteiger charge is 2.15. The second-order valence-corrected chi connectivity index (χ2v) is 8.70. The number of pyridine rings is 2. The van der Waals surface area contributed by atoms with E-state index in [2.05, 4.69) is 55.8 Å². The van der Waals surface area contributed by atoms with Crippen molar-refractivity contribution in [3.63, 3.8) is 0 Å². The maximum atomic E-state index is 5.30. The van der Waals surface area contributed by atoms with Crippen molar-refractivity contribution in [2.75, 3.05) is 14.2 Å². The molecule has 0 aliphatic rings. The minimum atomic E-state index is 0.629. The summed E-state index contributed by atoms with van der Waals surface area (Å²) in [5.41, 5.74) is 4.88. The van der Waals surface area contributed by atoms with Gasteiger partial charge in [-0.3, -0.25) is 20.1 Å². The fraction of sp³-hybridized carbons (Fsp3) is 0.125. The smallest absolute Gasteiger partial charge is 0.159 e. The number of fused-ring (bicyclic) bond motifs is 1. The number of methoxy groups -OCH3 is 1. The number of nitrogens with zero attached hydrogens (tertiary/aromatic N) is 5. The number of imidazole rings is 1. The molecule has 0 spiro atoms. The van der Waals surface area contributed by atoms with E-state index >= 15 is 0 Å². The largest absolute Gasteiger partial charge is 0.495 e. The lowest BCUT2D eigenvalue weighted by Gasteiger charge is -2.03. The average Bonchev–Trinajstić information content (AvgIpc) is 3.55.